The van der Waals surface area contributed by atoms with E-state index in [1.54, 1.807) is 0 Å². The van der Waals surface area contributed by atoms with Crippen molar-refractivity contribution in [3.63, 3.8) is 0 Å². The van der Waals surface area contributed by atoms with E-state index in [-0.39, 0.29) is 4.60 Å². The van der Waals surface area contributed by atoms with E-state index >= 15 is 0 Å². The molecule has 1 rings (SSSR count). The lowest BCUT2D eigenvalue weighted by Gasteiger charge is -1.67. The van der Waals surface area contributed by atoms with Crippen LogP contribution in [0.2, 0.25) is 0 Å². The Kier molecular flexibility index (Phi) is 1.06. The summed E-state index contributed by atoms with van der Waals surface area (Å²) in [5.41, 5.74) is 0. The summed E-state index contributed by atoms with van der Waals surface area (Å²) < 4.78 is 11.9. The zero-order chi connectivity index (χ0) is 5.28. The van der Waals surface area contributed by atoms with Crippen LogP contribution in [0.15, 0.2) is 4.60 Å². The topological polar surface area (TPSA) is 41.6 Å². The van der Waals surface area contributed by atoms with Gasteiger partial charge in [-0.3, -0.25) is 0 Å². The molecule has 0 bridgehead atoms. The van der Waals surface area contributed by atoms with Crippen molar-refractivity contribution < 1.29 is 4.39 Å². The molecule has 0 radical (unpaired) electrons. The number of hydrogen-bond acceptors (Lipinski definition) is 2. The fraction of sp³-hybridized carbons (Fsp3) is 0. The number of rotatable bonds is 0. The SMILES string of the molecule is Fc1n[nH]nc1Br. The molecular formula is C2HBrFN3. The molecule has 1 heterocycles. The van der Waals surface area contributed by atoms with Crippen molar-refractivity contribution in [3.8, 4) is 0 Å². The van der Waals surface area contributed by atoms with Crippen LogP contribution in [0.5, 0.6) is 0 Å². The summed E-state index contributed by atoms with van der Waals surface area (Å²) in [6, 6.07) is 0. The van der Waals surface area contributed by atoms with E-state index in [9.17, 15) is 4.39 Å². The maximum atomic E-state index is 11.8. The molecule has 5 heteroatoms. The highest BCUT2D eigenvalue weighted by Gasteiger charge is 1.98. The standard InChI is InChI=1S/C2HBrFN3/c3-1-2(4)6-7-5-1/h(H,5,6,7). The molecule has 0 spiro atoms. The van der Waals surface area contributed by atoms with E-state index in [0.29, 0.717) is 0 Å². The van der Waals surface area contributed by atoms with Gasteiger partial charge in [-0.25, -0.2) is 0 Å². The van der Waals surface area contributed by atoms with Gasteiger partial charge < -0.3 is 0 Å². The molecule has 0 aromatic carbocycles. The first-order valence-corrected chi connectivity index (χ1v) is 2.32. The summed E-state index contributed by atoms with van der Waals surface area (Å²) >= 11 is 2.79. The van der Waals surface area contributed by atoms with Crippen LogP contribution in [0.1, 0.15) is 0 Å². The van der Waals surface area contributed by atoms with E-state index in [1.807, 2.05) is 0 Å². The Hall–Kier alpha value is -0.450. The summed E-state index contributed by atoms with van der Waals surface area (Å²) in [5.74, 6) is -0.611. The van der Waals surface area contributed by atoms with E-state index in [2.05, 4.69) is 31.3 Å². The molecule has 0 saturated carbocycles. The van der Waals surface area contributed by atoms with Crippen molar-refractivity contribution in [2.24, 2.45) is 0 Å². The van der Waals surface area contributed by atoms with Crippen molar-refractivity contribution in [2.45, 2.75) is 0 Å². The number of aromatic amines is 1. The Labute approximate surface area is 47.0 Å². The maximum absolute atomic E-state index is 11.8. The molecule has 0 aliphatic rings. The lowest BCUT2D eigenvalue weighted by Crippen LogP contribution is -1.69. The van der Waals surface area contributed by atoms with Gasteiger partial charge in [0.2, 0.25) is 0 Å². The largest absolute Gasteiger partial charge is 0.267 e. The van der Waals surface area contributed by atoms with Crippen molar-refractivity contribution in [2.75, 3.05) is 0 Å². The number of nitrogens with one attached hydrogen (secondary N) is 1. The molecule has 1 aromatic rings. The number of halogens is 2. The normalized spacial score (nSPS) is 9.43. The highest BCUT2D eigenvalue weighted by Crippen LogP contribution is 2.04. The van der Waals surface area contributed by atoms with E-state index < -0.39 is 5.95 Å². The zero-order valence-electron chi connectivity index (χ0n) is 3.15. The van der Waals surface area contributed by atoms with E-state index in [1.165, 1.54) is 0 Å². The molecule has 0 aliphatic heterocycles. The van der Waals surface area contributed by atoms with Gasteiger partial charge in [-0.05, 0) is 15.9 Å². The molecule has 1 N–H and O–H groups in total. The van der Waals surface area contributed by atoms with Gasteiger partial charge >= 0.3 is 0 Å². The van der Waals surface area contributed by atoms with Crippen LogP contribution < -0.4 is 0 Å². The van der Waals surface area contributed by atoms with Crippen LogP contribution in [0.3, 0.4) is 0 Å². The van der Waals surface area contributed by atoms with Crippen LogP contribution in [0.25, 0.3) is 0 Å². The quantitative estimate of drug-likeness (QED) is 0.616. The third-order valence-corrected chi connectivity index (χ3v) is 0.971. The van der Waals surface area contributed by atoms with Crippen molar-refractivity contribution in [3.05, 3.63) is 10.6 Å². The first-order valence-electron chi connectivity index (χ1n) is 1.52. The summed E-state index contributed by atoms with van der Waals surface area (Å²) in [7, 11) is 0. The Balaban J connectivity index is 3.12. The molecule has 1 aromatic heterocycles. The fourth-order valence-corrected chi connectivity index (χ4v) is 0.373. The van der Waals surface area contributed by atoms with Gasteiger partial charge in [-0.2, -0.15) is 9.60 Å². The number of aromatic nitrogens is 3. The summed E-state index contributed by atoms with van der Waals surface area (Å²) in [6.07, 6.45) is 0. The number of nitrogens with zero attached hydrogens (tertiary/aromatic N) is 2. The highest BCUT2D eigenvalue weighted by molar-refractivity contribution is 9.10. The third-order valence-electron chi connectivity index (χ3n) is 0.467. The molecule has 3 nitrogen and oxygen atoms in total. The predicted octanol–water partition coefficient (Wildman–Crippen LogP) is 0.706. The van der Waals surface area contributed by atoms with Crippen LogP contribution in [-0.2, 0) is 0 Å². The maximum Gasteiger partial charge on any atom is 0.267 e. The lowest BCUT2D eigenvalue weighted by atomic mass is 10.9. The average Bonchev–Trinajstić information content (AvgIpc) is 1.91. The third kappa shape index (κ3) is 0.767. The van der Waals surface area contributed by atoms with Crippen LogP contribution in [0, 0.1) is 5.95 Å². The molecule has 7 heavy (non-hydrogen) atoms. The van der Waals surface area contributed by atoms with Gasteiger partial charge in [0.15, 0.2) is 4.60 Å². The van der Waals surface area contributed by atoms with Gasteiger partial charge in [0, 0.05) is 0 Å². The fourth-order valence-electron chi connectivity index (χ4n) is 0.205. The second-order valence-electron chi connectivity index (χ2n) is 0.905. The Morgan fingerprint density at radius 3 is 2.43 bits per heavy atom. The average molecular weight is 166 g/mol. The minimum absolute atomic E-state index is 0.118. The van der Waals surface area contributed by atoms with Gasteiger partial charge in [0.25, 0.3) is 5.95 Å². The van der Waals surface area contributed by atoms with Crippen LogP contribution in [-0.4, -0.2) is 15.4 Å². The second kappa shape index (κ2) is 1.57. The molecule has 0 unspecified atom stereocenters. The summed E-state index contributed by atoms with van der Waals surface area (Å²) in [4.78, 5) is 0. The van der Waals surface area contributed by atoms with Crippen molar-refractivity contribution in [1.29, 1.82) is 0 Å². The number of hydrogen-bond donors (Lipinski definition) is 1. The molecule has 38 valence electrons. The van der Waals surface area contributed by atoms with Crippen LogP contribution >= 0.6 is 15.9 Å². The molecular weight excluding hydrogens is 165 g/mol. The van der Waals surface area contributed by atoms with Crippen molar-refractivity contribution in [1.82, 2.24) is 15.4 Å². The van der Waals surface area contributed by atoms with Gasteiger partial charge in [0.1, 0.15) is 0 Å². The minimum atomic E-state index is -0.611. The van der Waals surface area contributed by atoms with Crippen molar-refractivity contribution >= 4 is 15.9 Å². The monoisotopic (exact) mass is 165 g/mol. The van der Waals surface area contributed by atoms with Crippen LogP contribution in [0.4, 0.5) is 4.39 Å². The second-order valence-corrected chi connectivity index (χ2v) is 1.66. The lowest BCUT2D eigenvalue weighted by molar-refractivity contribution is 0.574. The van der Waals surface area contributed by atoms with E-state index in [4.69, 9.17) is 0 Å². The smallest absolute Gasteiger partial charge is 0.194 e. The Bertz CT molecular complexity index is 145. The predicted molar refractivity (Wildman–Crippen MR) is 24.0 cm³/mol. The van der Waals surface area contributed by atoms with Gasteiger partial charge in [-0.15, -0.1) is 10.2 Å². The molecule has 0 saturated heterocycles. The minimum Gasteiger partial charge on any atom is -0.194 e. The first kappa shape index (κ1) is 4.70. The number of H-pyrrole nitrogens is 1. The summed E-state index contributed by atoms with van der Waals surface area (Å²) in [5, 5.41) is 8.46. The molecule has 0 amide bonds. The van der Waals surface area contributed by atoms with E-state index in [0.717, 1.165) is 0 Å². The summed E-state index contributed by atoms with van der Waals surface area (Å²) in [6.45, 7) is 0. The molecule has 0 atom stereocenters. The molecule has 0 fully saturated rings. The Morgan fingerprint density at radius 1 is 1.57 bits per heavy atom. The van der Waals surface area contributed by atoms with Gasteiger partial charge in [0.05, 0.1) is 0 Å². The Morgan fingerprint density at radius 2 is 2.29 bits per heavy atom. The first-order chi connectivity index (χ1) is 3.30. The highest BCUT2D eigenvalue weighted by atomic mass is 79.9. The van der Waals surface area contributed by atoms with Gasteiger partial charge in [-0.1, -0.05) is 0 Å². The molecule has 0 aliphatic carbocycles. The zero-order valence-corrected chi connectivity index (χ0v) is 4.74.